The lowest BCUT2D eigenvalue weighted by Crippen LogP contribution is -2.29. The number of rotatable bonds is 12. The zero-order valence-electron chi connectivity index (χ0n) is 19.7. The van der Waals surface area contributed by atoms with E-state index in [0.29, 0.717) is 0 Å². The molecule has 1 saturated heterocycles. The maximum absolute atomic E-state index is 12.3. The summed E-state index contributed by atoms with van der Waals surface area (Å²) in [7, 11) is -17.1. The second kappa shape index (κ2) is 13.4. The highest BCUT2D eigenvalue weighted by molar-refractivity contribution is 7.66. The number of carbonyl (C=O) groups excluding carboxylic acids is 2. The third kappa shape index (κ3) is 11.4. The van der Waals surface area contributed by atoms with E-state index in [2.05, 4.69) is 40.3 Å². The van der Waals surface area contributed by atoms with Gasteiger partial charge in [-0.05, 0) is 6.92 Å². The number of nitrogens with two attached hydrogens (primary N) is 1. The zero-order chi connectivity index (χ0) is 29.6. The first kappa shape index (κ1) is 32.9. The van der Waals surface area contributed by atoms with E-state index < -0.39 is 53.7 Å². The van der Waals surface area contributed by atoms with Crippen molar-refractivity contribution in [3.63, 3.8) is 0 Å². The van der Waals surface area contributed by atoms with Crippen LogP contribution in [-0.2, 0) is 46.2 Å². The van der Waals surface area contributed by atoms with Crippen LogP contribution in [0.25, 0.3) is 0 Å². The molecule has 1 aromatic heterocycles. The molecule has 0 aliphatic carbocycles. The molecule has 218 valence electrons. The quantitative estimate of drug-likeness (QED) is 0.0608. The smallest absolute Gasteiger partial charge is 0.388 e. The summed E-state index contributed by atoms with van der Waals surface area (Å²) in [5.41, 5.74) is 4.75. The number of hydrogen-bond donors (Lipinski definition) is 7. The van der Waals surface area contributed by atoms with Gasteiger partial charge in [0.05, 0.1) is 12.1 Å². The van der Waals surface area contributed by atoms with Gasteiger partial charge in [0.2, 0.25) is 12.2 Å². The molecule has 5 unspecified atom stereocenters. The third-order valence-electron chi connectivity index (χ3n) is 4.29. The van der Waals surface area contributed by atoms with E-state index in [1.807, 2.05) is 0 Å². The van der Waals surface area contributed by atoms with Crippen molar-refractivity contribution in [3.05, 3.63) is 22.2 Å². The van der Waals surface area contributed by atoms with Gasteiger partial charge in [-0.1, -0.05) is 11.8 Å². The molecule has 0 radical (unpaired) electrons. The summed E-state index contributed by atoms with van der Waals surface area (Å²) in [5, 5.41) is 12.6. The van der Waals surface area contributed by atoms with Gasteiger partial charge in [-0.25, -0.2) is 18.5 Å². The van der Waals surface area contributed by atoms with Crippen molar-refractivity contribution in [1.82, 2.24) is 14.9 Å². The van der Waals surface area contributed by atoms with Gasteiger partial charge in [-0.3, -0.25) is 9.36 Å². The van der Waals surface area contributed by atoms with Gasteiger partial charge in [-0.2, -0.15) is 18.5 Å². The number of Topliss-reactive ketones (excluding diaryl/α,β-unsaturated/α-hetero) is 1. The second-order valence-corrected chi connectivity index (χ2v) is 11.8. The van der Waals surface area contributed by atoms with Crippen molar-refractivity contribution < 1.29 is 70.9 Å². The average Bonchev–Trinajstić information content (AvgIpc) is 3.12. The lowest BCUT2D eigenvalue weighted by atomic mass is 10.2. The molecule has 5 atom stereocenters. The zero-order valence-corrected chi connectivity index (χ0v) is 22.4. The molecule has 1 aliphatic heterocycles. The number of ketones is 1. The Morgan fingerprint density at radius 1 is 1.21 bits per heavy atom. The van der Waals surface area contributed by atoms with Crippen LogP contribution in [-0.4, -0.2) is 64.9 Å². The molecule has 0 saturated carbocycles. The molecular formula is C16H23N4O16P3. The highest BCUT2D eigenvalue weighted by Gasteiger charge is 2.44. The minimum atomic E-state index is -5.81. The van der Waals surface area contributed by atoms with Crippen LogP contribution in [0.5, 0.6) is 0 Å². The molecule has 0 spiro atoms. The van der Waals surface area contributed by atoms with Crippen LogP contribution in [0.3, 0.4) is 0 Å². The molecule has 1 aliphatic rings. The topological polar surface area (TPSA) is 306 Å². The largest absolute Gasteiger partial charge is 0.508 e. The standard InChI is InChI=1S/C16H23N4O16P3/c1-9(21)4-5-12(23)18-6-2-3-10-8-20(16(24)19-14(10)17)13-7-11(22)15(32-13)33-34-38(28,29)36-39(30,31)35-37(25,26)27/h8,11,13,15,22H,4-7H2,1H3,(H,18,23)(H,28,29)(H,30,31)(H2,17,19,24)(H2,25,26,27). The van der Waals surface area contributed by atoms with Crippen LogP contribution >= 0.6 is 23.5 Å². The van der Waals surface area contributed by atoms with Crippen LogP contribution in [0.2, 0.25) is 0 Å². The lowest BCUT2D eigenvalue weighted by Gasteiger charge is -2.18. The first-order valence-electron chi connectivity index (χ1n) is 10.3. The molecule has 20 nitrogen and oxygen atoms in total. The fourth-order valence-corrected chi connectivity index (χ4v) is 5.53. The van der Waals surface area contributed by atoms with Gasteiger partial charge in [0.15, 0.2) is 0 Å². The third-order valence-corrected chi connectivity index (χ3v) is 7.89. The molecule has 2 rings (SSSR count). The van der Waals surface area contributed by atoms with Crippen molar-refractivity contribution >= 4 is 41.0 Å². The average molecular weight is 620 g/mol. The number of nitrogens with zero attached hydrogens (tertiary/aromatic N) is 2. The number of hydrogen-bond acceptors (Lipinski definition) is 14. The molecule has 8 N–H and O–H groups in total. The van der Waals surface area contributed by atoms with E-state index in [-0.39, 0.29) is 43.0 Å². The lowest BCUT2D eigenvalue weighted by molar-refractivity contribution is -0.339. The normalized spacial score (nSPS) is 22.3. The molecule has 1 aromatic rings. The predicted molar refractivity (Wildman–Crippen MR) is 123 cm³/mol. The highest BCUT2D eigenvalue weighted by Crippen LogP contribution is 2.66. The summed E-state index contributed by atoms with van der Waals surface area (Å²) in [6.07, 6.45) is -4.04. The number of phosphoric acid groups is 3. The van der Waals surface area contributed by atoms with Crippen LogP contribution < -0.4 is 16.7 Å². The Kier molecular flexibility index (Phi) is 11.3. The number of anilines is 1. The number of carbonyl (C=O) groups is 2. The van der Waals surface area contributed by atoms with Crippen molar-refractivity contribution in [2.45, 2.75) is 44.8 Å². The number of amides is 1. The van der Waals surface area contributed by atoms with Crippen LogP contribution in [0.4, 0.5) is 5.82 Å². The Morgan fingerprint density at radius 2 is 1.87 bits per heavy atom. The second-order valence-electron chi connectivity index (χ2n) is 7.53. The number of nitrogen functional groups attached to an aromatic ring is 1. The monoisotopic (exact) mass is 620 g/mol. The van der Waals surface area contributed by atoms with Crippen molar-refractivity contribution in [1.29, 1.82) is 0 Å². The van der Waals surface area contributed by atoms with E-state index in [0.717, 1.165) is 10.8 Å². The number of aliphatic hydroxyl groups is 1. The molecule has 0 bridgehead atoms. The summed E-state index contributed by atoms with van der Waals surface area (Å²) < 4.78 is 50.7. The van der Waals surface area contributed by atoms with Crippen LogP contribution in [0.15, 0.2) is 11.0 Å². The Bertz CT molecular complexity index is 1350. The Labute approximate surface area is 218 Å². The maximum atomic E-state index is 12.3. The van der Waals surface area contributed by atoms with Gasteiger partial charge >= 0.3 is 29.2 Å². The van der Waals surface area contributed by atoms with Crippen molar-refractivity contribution in [2.24, 2.45) is 0 Å². The molecule has 1 amide bonds. The minimum Gasteiger partial charge on any atom is -0.388 e. The summed E-state index contributed by atoms with van der Waals surface area (Å²) in [5.74, 6) is 4.31. The first-order valence-corrected chi connectivity index (χ1v) is 14.9. The van der Waals surface area contributed by atoms with E-state index in [4.69, 9.17) is 25.2 Å². The number of aromatic nitrogens is 2. The van der Waals surface area contributed by atoms with Crippen LogP contribution in [0.1, 0.15) is 38.0 Å². The number of nitrogens with one attached hydrogen (secondary N) is 1. The summed E-state index contributed by atoms with van der Waals surface area (Å²) in [6.45, 7) is 1.22. The SMILES string of the molecule is CC(=O)CCC(=O)NCC#Cc1cn(C2CC(O)C(OOP(=O)(O)OP(=O)(O)OP(=O)(O)O)O2)c(=O)nc1N. The van der Waals surface area contributed by atoms with Gasteiger partial charge in [-0.15, -0.1) is 4.67 Å². The molecule has 2 heterocycles. The summed E-state index contributed by atoms with van der Waals surface area (Å²) >= 11 is 0. The molecule has 1 fully saturated rings. The van der Waals surface area contributed by atoms with Gasteiger partial charge in [0, 0.05) is 25.5 Å². The molecule has 0 aromatic carbocycles. The van der Waals surface area contributed by atoms with Gasteiger partial charge in [0.25, 0.3) is 0 Å². The minimum absolute atomic E-state index is 0.0156. The Balaban J connectivity index is 2.04. The summed E-state index contributed by atoms with van der Waals surface area (Å²) in [4.78, 5) is 78.3. The van der Waals surface area contributed by atoms with Crippen molar-refractivity contribution in [3.8, 4) is 11.8 Å². The van der Waals surface area contributed by atoms with E-state index in [1.54, 1.807) is 0 Å². The predicted octanol–water partition coefficient (Wildman–Crippen LogP) is -1.46. The van der Waals surface area contributed by atoms with Crippen molar-refractivity contribution in [2.75, 3.05) is 12.3 Å². The van der Waals surface area contributed by atoms with Crippen LogP contribution in [0, 0.1) is 11.8 Å². The summed E-state index contributed by atoms with van der Waals surface area (Å²) in [6, 6.07) is 0. The van der Waals surface area contributed by atoms with E-state index in [1.165, 1.54) is 6.92 Å². The molecule has 23 heteroatoms. The Hall–Kier alpha value is -2.33. The first-order chi connectivity index (χ1) is 17.9. The number of ether oxygens (including phenoxy) is 1. The van der Waals surface area contributed by atoms with E-state index in [9.17, 15) is 38.1 Å². The maximum Gasteiger partial charge on any atom is 0.508 e. The molecular weight excluding hydrogens is 597 g/mol. The molecule has 39 heavy (non-hydrogen) atoms. The Morgan fingerprint density at radius 3 is 2.49 bits per heavy atom. The van der Waals surface area contributed by atoms with Gasteiger partial charge < -0.3 is 45.3 Å². The fourth-order valence-electron chi connectivity index (χ4n) is 2.72. The van der Waals surface area contributed by atoms with Gasteiger partial charge in [0.1, 0.15) is 23.9 Å². The fraction of sp³-hybridized carbons (Fsp3) is 0.500. The highest BCUT2D eigenvalue weighted by atomic mass is 31.3. The van der Waals surface area contributed by atoms with E-state index >= 15 is 0 Å². The number of aliphatic hydroxyl groups excluding tert-OH is 1.